The molecule has 0 bridgehead atoms. The van der Waals surface area contributed by atoms with Crippen LogP contribution in [-0.4, -0.2) is 26.7 Å². The van der Waals surface area contributed by atoms with Crippen LogP contribution in [0, 0.1) is 6.92 Å². The molecule has 0 saturated carbocycles. The molecule has 29 heavy (non-hydrogen) atoms. The highest BCUT2D eigenvalue weighted by molar-refractivity contribution is 5.64. The van der Waals surface area contributed by atoms with Crippen molar-refractivity contribution in [2.24, 2.45) is 0 Å². The van der Waals surface area contributed by atoms with E-state index in [2.05, 4.69) is 15.2 Å². The van der Waals surface area contributed by atoms with Gasteiger partial charge in [-0.15, -0.1) is 0 Å². The van der Waals surface area contributed by atoms with Crippen LogP contribution >= 0.6 is 0 Å². The van der Waals surface area contributed by atoms with Crippen LogP contribution in [-0.2, 0) is 6.54 Å². The van der Waals surface area contributed by atoms with E-state index in [-0.39, 0.29) is 18.9 Å². The third-order valence-electron chi connectivity index (χ3n) is 4.67. The van der Waals surface area contributed by atoms with Gasteiger partial charge in [-0.1, -0.05) is 29.4 Å². The van der Waals surface area contributed by atoms with Crippen LogP contribution in [0.15, 0.2) is 63.9 Å². The zero-order valence-corrected chi connectivity index (χ0v) is 15.5. The summed E-state index contributed by atoms with van der Waals surface area (Å²) in [5.74, 6) is 2.14. The van der Waals surface area contributed by atoms with E-state index >= 15 is 0 Å². The number of hydrogen-bond acceptors (Lipinski definition) is 7. The third-order valence-corrected chi connectivity index (χ3v) is 4.67. The van der Waals surface area contributed by atoms with Crippen molar-refractivity contribution in [1.29, 1.82) is 0 Å². The lowest BCUT2D eigenvalue weighted by atomic mass is 10.1. The summed E-state index contributed by atoms with van der Waals surface area (Å²) >= 11 is 0. The molecular weight excluding hydrogens is 372 g/mol. The first kappa shape index (κ1) is 17.2. The summed E-state index contributed by atoms with van der Waals surface area (Å²) in [5.41, 5.74) is 3.11. The standard InChI is InChI=1S/C21H16N4O4/c1-13-4-2-3-5-15(13)21-22-19(29-24-21)11-25-20(26)9-7-16(23-25)14-6-8-17-18(10-14)28-12-27-17/h2-10H,11-12H2,1H3. The lowest BCUT2D eigenvalue weighted by Crippen LogP contribution is -2.23. The summed E-state index contributed by atoms with van der Waals surface area (Å²) in [4.78, 5) is 16.7. The van der Waals surface area contributed by atoms with Crippen LogP contribution in [0.3, 0.4) is 0 Å². The Morgan fingerprint density at radius 2 is 1.90 bits per heavy atom. The minimum Gasteiger partial charge on any atom is -0.454 e. The van der Waals surface area contributed by atoms with Crippen molar-refractivity contribution in [2.75, 3.05) is 6.79 Å². The highest BCUT2D eigenvalue weighted by atomic mass is 16.7. The quantitative estimate of drug-likeness (QED) is 0.530. The fourth-order valence-corrected chi connectivity index (χ4v) is 3.15. The number of fused-ring (bicyclic) bond motifs is 1. The second-order valence-electron chi connectivity index (χ2n) is 6.61. The van der Waals surface area contributed by atoms with Gasteiger partial charge in [0, 0.05) is 17.2 Å². The van der Waals surface area contributed by atoms with E-state index in [0.717, 1.165) is 16.7 Å². The first-order chi connectivity index (χ1) is 14.2. The van der Waals surface area contributed by atoms with Crippen molar-refractivity contribution in [3.63, 3.8) is 0 Å². The molecule has 8 nitrogen and oxygen atoms in total. The molecule has 2 aromatic carbocycles. The first-order valence-corrected chi connectivity index (χ1v) is 9.04. The maximum atomic E-state index is 12.3. The van der Waals surface area contributed by atoms with Crippen LogP contribution in [0.4, 0.5) is 0 Å². The van der Waals surface area contributed by atoms with E-state index < -0.39 is 0 Å². The lowest BCUT2D eigenvalue weighted by Gasteiger charge is -2.06. The predicted octanol–water partition coefficient (Wildman–Crippen LogP) is 3.05. The molecule has 144 valence electrons. The topological polar surface area (TPSA) is 92.3 Å². The minimum atomic E-state index is -0.259. The Kier molecular flexibility index (Phi) is 4.09. The molecule has 0 spiro atoms. The minimum absolute atomic E-state index is 0.0795. The van der Waals surface area contributed by atoms with Crippen molar-refractivity contribution in [2.45, 2.75) is 13.5 Å². The van der Waals surface area contributed by atoms with Crippen LogP contribution in [0.1, 0.15) is 11.5 Å². The number of benzene rings is 2. The zero-order chi connectivity index (χ0) is 19.8. The van der Waals surface area contributed by atoms with Gasteiger partial charge in [0.2, 0.25) is 18.5 Å². The Hall–Kier alpha value is -3.94. The monoisotopic (exact) mass is 388 g/mol. The molecule has 0 amide bonds. The number of hydrogen-bond donors (Lipinski definition) is 0. The maximum Gasteiger partial charge on any atom is 0.267 e. The molecule has 0 atom stereocenters. The Morgan fingerprint density at radius 1 is 1.03 bits per heavy atom. The molecule has 5 rings (SSSR count). The molecule has 2 aromatic heterocycles. The number of aromatic nitrogens is 4. The number of rotatable bonds is 4. The summed E-state index contributed by atoms with van der Waals surface area (Å²) in [5, 5.41) is 8.48. The first-order valence-electron chi connectivity index (χ1n) is 9.04. The second-order valence-corrected chi connectivity index (χ2v) is 6.61. The van der Waals surface area contributed by atoms with E-state index in [1.54, 1.807) is 6.07 Å². The average molecular weight is 388 g/mol. The Labute approximate surface area is 165 Å². The zero-order valence-electron chi connectivity index (χ0n) is 15.5. The molecule has 0 saturated heterocycles. The molecule has 1 aliphatic rings. The van der Waals surface area contributed by atoms with Gasteiger partial charge in [0.25, 0.3) is 5.56 Å². The van der Waals surface area contributed by atoms with Gasteiger partial charge in [0.15, 0.2) is 11.5 Å². The molecule has 0 fully saturated rings. The summed E-state index contributed by atoms with van der Waals surface area (Å²) in [6.45, 7) is 2.26. The maximum absolute atomic E-state index is 12.3. The van der Waals surface area contributed by atoms with Crippen LogP contribution in [0.5, 0.6) is 11.5 Å². The summed E-state index contributed by atoms with van der Waals surface area (Å²) in [6.07, 6.45) is 0. The Morgan fingerprint density at radius 3 is 2.79 bits per heavy atom. The van der Waals surface area contributed by atoms with Crippen molar-refractivity contribution in [3.05, 3.63) is 76.4 Å². The normalized spacial score (nSPS) is 12.3. The fourth-order valence-electron chi connectivity index (χ4n) is 3.15. The summed E-state index contributed by atoms with van der Waals surface area (Å²) in [7, 11) is 0. The van der Waals surface area contributed by atoms with Gasteiger partial charge >= 0.3 is 0 Å². The molecule has 3 heterocycles. The largest absolute Gasteiger partial charge is 0.454 e. The molecule has 0 radical (unpaired) electrons. The Balaban J connectivity index is 1.44. The van der Waals surface area contributed by atoms with Crippen molar-refractivity contribution >= 4 is 0 Å². The van der Waals surface area contributed by atoms with Gasteiger partial charge in [-0.05, 0) is 36.8 Å². The van der Waals surface area contributed by atoms with Gasteiger partial charge in [0.1, 0.15) is 6.54 Å². The van der Waals surface area contributed by atoms with Crippen LogP contribution < -0.4 is 15.0 Å². The number of nitrogens with zero attached hydrogens (tertiary/aromatic N) is 4. The Bertz CT molecular complexity index is 1260. The predicted molar refractivity (Wildman–Crippen MR) is 104 cm³/mol. The van der Waals surface area contributed by atoms with Crippen LogP contribution in [0.25, 0.3) is 22.6 Å². The SMILES string of the molecule is Cc1ccccc1-c1noc(Cn2nc(-c3ccc4c(c3)OCO4)ccc2=O)n1. The highest BCUT2D eigenvalue weighted by Gasteiger charge is 2.16. The average Bonchev–Trinajstić information content (AvgIpc) is 3.39. The fraction of sp³-hybridized carbons (Fsp3) is 0.143. The lowest BCUT2D eigenvalue weighted by molar-refractivity contribution is 0.174. The van der Waals surface area contributed by atoms with Crippen molar-refractivity contribution in [1.82, 2.24) is 19.9 Å². The third kappa shape index (κ3) is 3.25. The van der Waals surface area contributed by atoms with Gasteiger partial charge in [0.05, 0.1) is 5.69 Å². The van der Waals surface area contributed by atoms with E-state index in [4.69, 9.17) is 14.0 Å². The van der Waals surface area contributed by atoms with E-state index in [1.165, 1.54) is 10.7 Å². The van der Waals surface area contributed by atoms with Gasteiger partial charge in [-0.2, -0.15) is 10.1 Å². The number of ether oxygens (including phenoxy) is 2. The molecular formula is C21H16N4O4. The molecule has 8 heteroatoms. The van der Waals surface area contributed by atoms with Gasteiger partial charge in [-0.3, -0.25) is 4.79 Å². The van der Waals surface area contributed by atoms with E-state index in [9.17, 15) is 4.79 Å². The summed E-state index contributed by atoms with van der Waals surface area (Å²) < 4.78 is 17.4. The van der Waals surface area contributed by atoms with E-state index in [1.807, 2.05) is 49.4 Å². The number of aryl methyl sites for hydroxylation is 1. The molecule has 0 N–H and O–H groups in total. The molecule has 1 aliphatic heterocycles. The van der Waals surface area contributed by atoms with Crippen molar-refractivity contribution < 1.29 is 14.0 Å². The van der Waals surface area contributed by atoms with Crippen LogP contribution in [0.2, 0.25) is 0 Å². The molecule has 4 aromatic rings. The van der Waals surface area contributed by atoms with Gasteiger partial charge in [-0.25, -0.2) is 4.68 Å². The smallest absolute Gasteiger partial charge is 0.267 e. The molecule has 0 aliphatic carbocycles. The van der Waals surface area contributed by atoms with Crippen molar-refractivity contribution in [3.8, 4) is 34.1 Å². The second kappa shape index (κ2) is 6.90. The molecule has 0 unspecified atom stereocenters. The van der Waals surface area contributed by atoms with Gasteiger partial charge < -0.3 is 14.0 Å². The van der Waals surface area contributed by atoms with E-state index in [0.29, 0.717) is 28.9 Å². The summed E-state index contributed by atoms with van der Waals surface area (Å²) in [6, 6.07) is 16.4. The highest BCUT2D eigenvalue weighted by Crippen LogP contribution is 2.35.